The van der Waals surface area contributed by atoms with Gasteiger partial charge in [-0.05, 0) is 43.7 Å². The average Bonchev–Trinajstić information content (AvgIpc) is 2.61. The second-order valence-corrected chi connectivity index (χ2v) is 8.00. The Hall–Kier alpha value is -2.87. The smallest absolute Gasteiger partial charge is 0.305 e. The second-order valence-electron chi connectivity index (χ2n) is 6.32. The predicted octanol–water partition coefficient (Wildman–Crippen LogP) is 2.65. The topological polar surface area (TPSA) is 104 Å². The number of carbonyl (C=O) groups is 2. The predicted molar refractivity (Wildman–Crippen MR) is 102 cm³/mol. The number of anilines is 1. The molecule has 0 saturated carbocycles. The van der Waals surface area contributed by atoms with Crippen molar-refractivity contribution in [1.82, 2.24) is 4.90 Å². The summed E-state index contributed by atoms with van der Waals surface area (Å²) in [6, 6.07) is 11.2. The monoisotopic (exact) mass is 390 g/mol. The van der Waals surface area contributed by atoms with Crippen molar-refractivity contribution < 1.29 is 23.1 Å². The summed E-state index contributed by atoms with van der Waals surface area (Å²) in [6.45, 7) is 3.63. The van der Waals surface area contributed by atoms with Crippen molar-refractivity contribution in [3.8, 4) is 0 Å². The van der Waals surface area contributed by atoms with E-state index in [2.05, 4.69) is 4.72 Å². The quantitative estimate of drug-likeness (QED) is 0.756. The van der Waals surface area contributed by atoms with Crippen LogP contribution in [0.25, 0.3) is 0 Å². The molecule has 1 amide bonds. The van der Waals surface area contributed by atoms with E-state index >= 15 is 0 Å². The van der Waals surface area contributed by atoms with Crippen molar-refractivity contribution >= 4 is 27.6 Å². The molecule has 0 aliphatic rings. The Morgan fingerprint density at radius 1 is 1.07 bits per heavy atom. The summed E-state index contributed by atoms with van der Waals surface area (Å²) in [7, 11) is -2.38. The number of sulfonamides is 1. The van der Waals surface area contributed by atoms with E-state index in [0.29, 0.717) is 11.3 Å². The lowest BCUT2D eigenvalue weighted by molar-refractivity contribution is -0.137. The summed E-state index contributed by atoms with van der Waals surface area (Å²) in [5.41, 5.74) is 2.25. The number of benzene rings is 2. The first-order valence-corrected chi connectivity index (χ1v) is 9.76. The van der Waals surface area contributed by atoms with Crippen LogP contribution in [0.15, 0.2) is 47.4 Å². The van der Waals surface area contributed by atoms with Gasteiger partial charge in [0.15, 0.2) is 0 Å². The molecule has 144 valence electrons. The third-order valence-electron chi connectivity index (χ3n) is 4.06. The van der Waals surface area contributed by atoms with Crippen molar-refractivity contribution in [3.05, 3.63) is 59.2 Å². The molecule has 0 radical (unpaired) electrons. The summed E-state index contributed by atoms with van der Waals surface area (Å²) >= 11 is 0. The number of carbonyl (C=O) groups excluding carboxylic acids is 1. The van der Waals surface area contributed by atoms with Gasteiger partial charge in [0.05, 0.1) is 11.3 Å². The Bertz CT molecular complexity index is 953. The molecular formula is C19H22N2O5S. The van der Waals surface area contributed by atoms with Crippen LogP contribution in [0.4, 0.5) is 5.69 Å². The van der Waals surface area contributed by atoms with Crippen molar-refractivity contribution in [1.29, 1.82) is 0 Å². The van der Waals surface area contributed by atoms with Crippen LogP contribution in [0.5, 0.6) is 0 Å². The molecule has 0 unspecified atom stereocenters. The lowest BCUT2D eigenvalue weighted by Gasteiger charge is -2.18. The number of carboxylic acids is 1. The van der Waals surface area contributed by atoms with Crippen LogP contribution < -0.4 is 4.72 Å². The van der Waals surface area contributed by atoms with E-state index in [0.717, 1.165) is 5.56 Å². The molecule has 0 aromatic heterocycles. The van der Waals surface area contributed by atoms with Gasteiger partial charge in [-0.15, -0.1) is 0 Å². The van der Waals surface area contributed by atoms with E-state index in [-0.39, 0.29) is 23.4 Å². The fourth-order valence-electron chi connectivity index (χ4n) is 2.40. The number of hydrogen-bond acceptors (Lipinski definition) is 4. The number of hydrogen-bond donors (Lipinski definition) is 2. The van der Waals surface area contributed by atoms with Crippen LogP contribution in [0.3, 0.4) is 0 Å². The van der Waals surface area contributed by atoms with E-state index in [1.165, 1.54) is 24.1 Å². The van der Waals surface area contributed by atoms with Crippen LogP contribution in [-0.2, 0) is 14.8 Å². The minimum atomic E-state index is -3.87. The summed E-state index contributed by atoms with van der Waals surface area (Å²) in [6.07, 6.45) is -0.186. The largest absolute Gasteiger partial charge is 0.481 e. The fraction of sp³-hybridized carbons (Fsp3) is 0.263. The fourth-order valence-corrected chi connectivity index (χ4v) is 3.49. The molecule has 0 saturated heterocycles. The molecule has 2 aromatic carbocycles. The van der Waals surface area contributed by atoms with Gasteiger partial charge in [-0.25, -0.2) is 8.42 Å². The Morgan fingerprint density at radius 2 is 1.70 bits per heavy atom. The minimum absolute atomic E-state index is 0.0339. The Kier molecular flexibility index (Phi) is 6.22. The zero-order chi connectivity index (χ0) is 20.2. The third-order valence-corrected chi connectivity index (χ3v) is 5.44. The molecule has 2 rings (SSSR count). The highest BCUT2D eigenvalue weighted by atomic mass is 32.2. The maximum Gasteiger partial charge on any atom is 0.305 e. The van der Waals surface area contributed by atoms with Gasteiger partial charge in [0, 0.05) is 24.8 Å². The van der Waals surface area contributed by atoms with Crippen LogP contribution in [0, 0.1) is 13.8 Å². The highest BCUT2D eigenvalue weighted by molar-refractivity contribution is 7.92. The molecule has 2 N–H and O–H groups in total. The number of carboxylic acid groups (broad SMARTS) is 1. The molecule has 0 aliphatic heterocycles. The van der Waals surface area contributed by atoms with Crippen molar-refractivity contribution in [2.24, 2.45) is 0 Å². The van der Waals surface area contributed by atoms with E-state index in [4.69, 9.17) is 5.11 Å². The van der Waals surface area contributed by atoms with Gasteiger partial charge < -0.3 is 10.0 Å². The van der Waals surface area contributed by atoms with Gasteiger partial charge in [0.2, 0.25) is 0 Å². The summed E-state index contributed by atoms with van der Waals surface area (Å²) in [5.74, 6) is -1.44. The number of nitrogens with one attached hydrogen (secondary N) is 1. The van der Waals surface area contributed by atoms with Gasteiger partial charge in [-0.3, -0.25) is 14.3 Å². The van der Waals surface area contributed by atoms with Crippen LogP contribution in [0.2, 0.25) is 0 Å². The molecule has 0 atom stereocenters. The average molecular weight is 390 g/mol. The first-order chi connectivity index (χ1) is 12.6. The number of aliphatic carboxylic acids is 1. The number of amides is 1. The highest BCUT2D eigenvalue weighted by Gasteiger charge is 2.20. The normalized spacial score (nSPS) is 11.1. The van der Waals surface area contributed by atoms with E-state index in [9.17, 15) is 18.0 Å². The van der Waals surface area contributed by atoms with Gasteiger partial charge in [0.1, 0.15) is 0 Å². The zero-order valence-electron chi connectivity index (χ0n) is 15.4. The van der Waals surface area contributed by atoms with Crippen LogP contribution in [-0.4, -0.2) is 43.9 Å². The lowest BCUT2D eigenvalue weighted by Crippen LogP contribution is -2.29. The first-order valence-electron chi connectivity index (χ1n) is 8.27. The second kappa shape index (κ2) is 8.22. The van der Waals surface area contributed by atoms with Gasteiger partial charge in [-0.2, -0.15) is 0 Å². The number of aryl methyl sites for hydroxylation is 2. The molecule has 7 nitrogen and oxygen atoms in total. The van der Waals surface area contributed by atoms with Gasteiger partial charge >= 0.3 is 5.97 Å². The van der Waals surface area contributed by atoms with Crippen molar-refractivity contribution in [3.63, 3.8) is 0 Å². The zero-order valence-corrected chi connectivity index (χ0v) is 16.2. The van der Waals surface area contributed by atoms with Crippen LogP contribution in [0.1, 0.15) is 27.9 Å². The SMILES string of the molecule is Cc1ccc(NS(=O)(=O)c2ccc(C)c(C(=O)N(C)CCC(=O)O)c2)cc1. The summed E-state index contributed by atoms with van der Waals surface area (Å²) < 4.78 is 27.8. The van der Waals surface area contributed by atoms with Crippen molar-refractivity contribution in [2.45, 2.75) is 25.2 Å². The van der Waals surface area contributed by atoms with Gasteiger partial charge in [-0.1, -0.05) is 23.8 Å². The molecule has 0 heterocycles. The standard InChI is InChI=1S/C19H22N2O5S/c1-13-4-7-15(8-5-13)20-27(25,26)16-9-6-14(2)17(12-16)19(24)21(3)11-10-18(22)23/h4-9,12,20H,10-11H2,1-3H3,(H,22,23). The molecule has 2 aromatic rings. The van der Waals surface area contributed by atoms with E-state index in [1.807, 2.05) is 6.92 Å². The van der Waals surface area contributed by atoms with Crippen LogP contribution >= 0.6 is 0 Å². The number of rotatable bonds is 7. The third kappa shape index (κ3) is 5.30. The molecule has 0 spiro atoms. The molecule has 8 heteroatoms. The maximum absolute atomic E-state index is 12.6. The maximum atomic E-state index is 12.6. The Morgan fingerprint density at radius 3 is 2.30 bits per heavy atom. The lowest BCUT2D eigenvalue weighted by atomic mass is 10.1. The molecular weight excluding hydrogens is 368 g/mol. The Balaban J connectivity index is 2.28. The van der Waals surface area contributed by atoms with E-state index in [1.54, 1.807) is 37.3 Å². The molecule has 27 heavy (non-hydrogen) atoms. The van der Waals surface area contributed by atoms with Crippen molar-refractivity contribution in [2.75, 3.05) is 18.3 Å². The molecule has 0 bridgehead atoms. The highest BCUT2D eigenvalue weighted by Crippen LogP contribution is 2.20. The summed E-state index contributed by atoms with van der Waals surface area (Å²) in [4.78, 5) is 24.5. The van der Waals surface area contributed by atoms with Gasteiger partial charge in [0.25, 0.3) is 15.9 Å². The molecule has 0 aliphatic carbocycles. The molecule has 0 fully saturated rings. The number of nitrogens with zero attached hydrogens (tertiary/aromatic N) is 1. The Labute approximate surface area is 158 Å². The van der Waals surface area contributed by atoms with E-state index < -0.39 is 21.9 Å². The minimum Gasteiger partial charge on any atom is -0.481 e. The summed E-state index contributed by atoms with van der Waals surface area (Å²) in [5, 5.41) is 8.75. The first kappa shape index (κ1) is 20.4.